The first-order valence-electron chi connectivity index (χ1n) is 5.85. The molecule has 0 aromatic carbocycles. The van der Waals surface area contributed by atoms with Crippen LogP contribution in [0, 0.1) is 0 Å². The first-order valence-corrected chi connectivity index (χ1v) is 6.61. The minimum atomic E-state index is -0.154. The second kappa shape index (κ2) is 5.75. The molecule has 1 aliphatic rings. The summed E-state index contributed by atoms with van der Waals surface area (Å²) in [6, 6.07) is 2.98. The van der Waals surface area contributed by atoms with Crippen LogP contribution in [-0.2, 0) is 4.79 Å². The number of carbonyl (C=O) groups is 2. The largest absolute Gasteiger partial charge is 0.352 e. The Morgan fingerprint density at radius 3 is 2.58 bits per heavy atom. The Kier molecular flexibility index (Phi) is 4.27. The molecule has 7 heteroatoms. The van der Waals surface area contributed by atoms with Crippen LogP contribution in [0.1, 0.15) is 23.7 Å². The van der Waals surface area contributed by atoms with E-state index in [0.717, 1.165) is 6.42 Å². The SMILES string of the molecule is CC(=O)NC1CCN(C(=O)c2cc(Cl)nc(Cl)c2)C1. The molecule has 1 fully saturated rings. The van der Waals surface area contributed by atoms with Gasteiger partial charge in [0.2, 0.25) is 5.91 Å². The third-order valence-electron chi connectivity index (χ3n) is 2.89. The fourth-order valence-corrected chi connectivity index (χ4v) is 2.58. The average molecular weight is 302 g/mol. The van der Waals surface area contributed by atoms with Crippen molar-refractivity contribution in [3.8, 4) is 0 Å². The Bertz CT molecular complexity index is 501. The molecule has 1 aromatic heterocycles. The van der Waals surface area contributed by atoms with Crippen molar-refractivity contribution in [2.24, 2.45) is 0 Å². The second-order valence-corrected chi connectivity index (χ2v) is 5.21. The van der Waals surface area contributed by atoms with Crippen molar-refractivity contribution in [1.82, 2.24) is 15.2 Å². The van der Waals surface area contributed by atoms with Gasteiger partial charge in [-0.3, -0.25) is 9.59 Å². The molecule has 19 heavy (non-hydrogen) atoms. The van der Waals surface area contributed by atoms with Crippen LogP contribution in [0.15, 0.2) is 12.1 Å². The van der Waals surface area contributed by atoms with E-state index in [0.29, 0.717) is 18.7 Å². The van der Waals surface area contributed by atoms with E-state index < -0.39 is 0 Å². The minimum absolute atomic E-state index is 0.00855. The number of carbonyl (C=O) groups excluding carboxylic acids is 2. The third-order valence-corrected chi connectivity index (χ3v) is 3.28. The number of hydrogen-bond donors (Lipinski definition) is 1. The van der Waals surface area contributed by atoms with Gasteiger partial charge in [-0.25, -0.2) is 4.98 Å². The normalized spacial score (nSPS) is 18.5. The second-order valence-electron chi connectivity index (χ2n) is 4.44. The maximum atomic E-state index is 12.3. The molecule has 0 radical (unpaired) electrons. The summed E-state index contributed by atoms with van der Waals surface area (Å²) in [5, 5.41) is 3.18. The molecule has 1 aliphatic heterocycles. The van der Waals surface area contributed by atoms with Gasteiger partial charge in [-0.05, 0) is 18.6 Å². The van der Waals surface area contributed by atoms with Crippen molar-refractivity contribution in [3.63, 3.8) is 0 Å². The number of aromatic nitrogens is 1. The maximum absolute atomic E-state index is 12.3. The average Bonchev–Trinajstić information content (AvgIpc) is 2.74. The predicted octanol–water partition coefficient (Wildman–Crippen LogP) is 1.74. The van der Waals surface area contributed by atoms with Crippen molar-refractivity contribution in [2.45, 2.75) is 19.4 Å². The van der Waals surface area contributed by atoms with Crippen molar-refractivity contribution in [1.29, 1.82) is 0 Å². The highest BCUT2D eigenvalue weighted by molar-refractivity contribution is 6.33. The molecule has 2 amide bonds. The zero-order valence-corrected chi connectivity index (χ0v) is 11.8. The first kappa shape index (κ1) is 14.1. The van der Waals surface area contributed by atoms with Crippen molar-refractivity contribution in [2.75, 3.05) is 13.1 Å². The Morgan fingerprint density at radius 1 is 1.37 bits per heavy atom. The summed E-state index contributed by atoms with van der Waals surface area (Å²) in [4.78, 5) is 28.7. The number of hydrogen-bond acceptors (Lipinski definition) is 3. The van der Waals surface area contributed by atoms with Crippen LogP contribution in [0.4, 0.5) is 0 Å². The lowest BCUT2D eigenvalue weighted by molar-refractivity contribution is -0.119. The fraction of sp³-hybridized carbons (Fsp3) is 0.417. The standard InChI is InChI=1S/C12H13Cl2N3O2/c1-7(18)15-9-2-3-17(6-9)12(19)8-4-10(13)16-11(14)5-8/h4-5,9H,2-3,6H2,1H3,(H,15,18). The number of pyridine rings is 1. The molecule has 1 saturated heterocycles. The molecule has 0 saturated carbocycles. The lowest BCUT2D eigenvalue weighted by Crippen LogP contribution is -2.37. The van der Waals surface area contributed by atoms with Crippen molar-refractivity contribution in [3.05, 3.63) is 28.0 Å². The number of likely N-dealkylation sites (tertiary alicyclic amines) is 1. The molecule has 0 spiro atoms. The zero-order chi connectivity index (χ0) is 14.0. The minimum Gasteiger partial charge on any atom is -0.352 e. The molecule has 0 bridgehead atoms. The summed E-state index contributed by atoms with van der Waals surface area (Å²) >= 11 is 11.6. The van der Waals surface area contributed by atoms with Crippen LogP contribution in [0.2, 0.25) is 10.3 Å². The summed E-state index contributed by atoms with van der Waals surface area (Å²) < 4.78 is 0. The van der Waals surface area contributed by atoms with Crippen LogP contribution in [-0.4, -0.2) is 40.8 Å². The molecule has 1 aromatic rings. The molecule has 5 nitrogen and oxygen atoms in total. The van der Waals surface area contributed by atoms with Crippen LogP contribution < -0.4 is 5.32 Å². The number of rotatable bonds is 2. The Hall–Kier alpha value is -1.33. The number of halogens is 2. The Balaban J connectivity index is 2.06. The lowest BCUT2D eigenvalue weighted by atomic mass is 10.2. The van der Waals surface area contributed by atoms with Gasteiger partial charge in [0.25, 0.3) is 5.91 Å². The highest BCUT2D eigenvalue weighted by atomic mass is 35.5. The van der Waals surface area contributed by atoms with Gasteiger partial charge in [-0.1, -0.05) is 23.2 Å². The first-order chi connectivity index (χ1) is 8.95. The predicted molar refractivity (Wildman–Crippen MR) is 72.4 cm³/mol. The number of nitrogens with zero attached hydrogens (tertiary/aromatic N) is 2. The van der Waals surface area contributed by atoms with Crippen LogP contribution in [0.5, 0.6) is 0 Å². The summed E-state index contributed by atoms with van der Waals surface area (Å²) in [6.45, 7) is 2.56. The zero-order valence-electron chi connectivity index (χ0n) is 10.3. The highest BCUT2D eigenvalue weighted by Crippen LogP contribution is 2.19. The van der Waals surface area contributed by atoms with Gasteiger partial charge < -0.3 is 10.2 Å². The van der Waals surface area contributed by atoms with E-state index in [1.54, 1.807) is 4.90 Å². The van der Waals surface area contributed by atoms with Gasteiger partial charge in [0, 0.05) is 31.6 Å². The summed E-state index contributed by atoms with van der Waals surface area (Å²) in [7, 11) is 0. The smallest absolute Gasteiger partial charge is 0.254 e. The van der Waals surface area contributed by atoms with E-state index in [2.05, 4.69) is 10.3 Å². The molecule has 2 heterocycles. The topological polar surface area (TPSA) is 62.3 Å². The molecular formula is C12H13Cl2N3O2. The van der Waals surface area contributed by atoms with E-state index in [4.69, 9.17) is 23.2 Å². The summed E-state index contributed by atoms with van der Waals surface area (Å²) in [6.07, 6.45) is 0.748. The van der Waals surface area contributed by atoms with E-state index in [1.807, 2.05) is 0 Å². The Labute approximate surface area is 120 Å². The van der Waals surface area contributed by atoms with Gasteiger partial charge in [0.15, 0.2) is 0 Å². The molecule has 1 atom stereocenters. The number of amides is 2. The Morgan fingerprint density at radius 2 is 2.00 bits per heavy atom. The van der Waals surface area contributed by atoms with Crippen LogP contribution in [0.25, 0.3) is 0 Å². The summed E-state index contributed by atoms with van der Waals surface area (Å²) in [5.74, 6) is -0.242. The van der Waals surface area contributed by atoms with Crippen LogP contribution in [0.3, 0.4) is 0 Å². The molecule has 0 aliphatic carbocycles. The fourth-order valence-electron chi connectivity index (χ4n) is 2.12. The van der Waals surface area contributed by atoms with E-state index in [1.165, 1.54) is 19.1 Å². The van der Waals surface area contributed by atoms with Gasteiger partial charge in [0.05, 0.1) is 0 Å². The third kappa shape index (κ3) is 3.58. The van der Waals surface area contributed by atoms with E-state index in [-0.39, 0.29) is 28.2 Å². The number of nitrogens with one attached hydrogen (secondary N) is 1. The summed E-state index contributed by atoms with van der Waals surface area (Å²) in [5.41, 5.74) is 0.411. The quantitative estimate of drug-likeness (QED) is 0.846. The molecule has 102 valence electrons. The lowest BCUT2D eigenvalue weighted by Gasteiger charge is -2.17. The monoisotopic (exact) mass is 301 g/mol. The van der Waals surface area contributed by atoms with Crippen molar-refractivity contribution < 1.29 is 9.59 Å². The molecular weight excluding hydrogens is 289 g/mol. The van der Waals surface area contributed by atoms with E-state index in [9.17, 15) is 9.59 Å². The van der Waals surface area contributed by atoms with Crippen LogP contribution >= 0.6 is 23.2 Å². The van der Waals surface area contributed by atoms with Gasteiger partial charge in [-0.2, -0.15) is 0 Å². The van der Waals surface area contributed by atoms with E-state index >= 15 is 0 Å². The maximum Gasteiger partial charge on any atom is 0.254 e. The van der Waals surface area contributed by atoms with Crippen molar-refractivity contribution >= 4 is 35.0 Å². The molecule has 1 unspecified atom stereocenters. The van der Waals surface area contributed by atoms with Gasteiger partial charge in [0.1, 0.15) is 10.3 Å². The highest BCUT2D eigenvalue weighted by Gasteiger charge is 2.27. The van der Waals surface area contributed by atoms with Gasteiger partial charge in [-0.15, -0.1) is 0 Å². The van der Waals surface area contributed by atoms with Gasteiger partial charge >= 0.3 is 0 Å². The molecule has 1 N–H and O–H groups in total. The molecule has 2 rings (SSSR count).